The summed E-state index contributed by atoms with van der Waals surface area (Å²) in [5, 5.41) is 11.3. The molecule has 1 spiro atoms. The van der Waals surface area contributed by atoms with Gasteiger partial charge in [0.2, 0.25) is 0 Å². The molecule has 8 aliphatic rings. The Kier molecular flexibility index (Phi) is 13.8. The molecule has 0 unspecified atom stereocenters. The van der Waals surface area contributed by atoms with E-state index in [0.717, 1.165) is 59.0 Å². The standard InChI is InChI=1S/C48H72O17/c1-22-11-16-48(56-20-22)23(2)38-36(65-48)19-33-31-18-35(34-17-30(54)12-14-46(34,9)32(31)13-15-47(33,38)10)63-45-43(62-29(8)53)41(39(24(3)57-45)59-26(5)50)64-44-42(61-28(7)52)40(60-27(6)51)37(21-55-44)58-25(4)49/h22-24,30-45,54H,11-21H2,1-10H3/t22-,23-,24+,30-,31+,32-,33-,34+,35-,36-,37+,38-,39+,40-,41-,42+,43+,44-,45-,46+,47-,48+/m0/s1. The summed E-state index contributed by atoms with van der Waals surface area (Å²) in [5.41, 5.74) is -0.154. The van der Waals surface area contributed by atoms with Crippen LogP contribution in [0.3, 0.4) is 0 Å². The lowest BCUT2D eigenvalue weighted by Crippen LogP contribution is -2.66. The second-order valence-corrected chi connectivity index (χ2v) is 21.3. The molecular weight excluding hydrogens is 849 g/mol. The first kappa shape index (κ1) is 48.5. The van der Waals surface area contributed by atoms with Crippen LogP contribution in [-0.4, -0.2) is 128 Å². The minimum absolute atomic E-state index is 0.0202. The zero-order chi connectivity index (χ0) is 46.9. The summed E-state index contributed by atoms with van der Waals surface area (Å²) in [6, 6.07) is 0. The second-order valence-electron chi connectivity index (χ2n) is 21.3. The monoisotopic (exact) mass is 920 g/mol. The summed E-state index contributed by atoms with van der Waals surface area (Å²) in [7, 11) is 0. The summed E-state index contributed by atoms with van der Waals surface area (Å²) in [4.78, 5) is 62.8. The van der Waals surface area contributed by atoms with E-state index in [-0.39, 0.29) is 41.3 Å². The molecule has 4 saturated carbocycles. The van der Waals surface area contributed by atoms with Gasteiger partial charge in [-0.15, -0.1) is 0 Å². The third-order valence-electron chi connectivity index (χ3n) is 17.1. The number of aliphatic hydroxyl groups is 1. The highest BCUT2D eigenvalue weighted by molar-refractivity contribution is 5.68. The average Bonchev–Trinajstić information content (AvgIpc) is 3.66. The lowest BCUT2D eigenvalue weighted by Gasteiger charge is -2.63. The first-order chi connectivity index (χ1) is 30.6. The molecule has 0 aromatic rings. The number of rotatable bonds is 9. The van der Waals surface area contributed by atoms with E-state index in [4.69, 9.17) is 52.1 Å². The number of aliphatic hydroxyl groups excluding tert-OH is 1. The predicted molar refractivity (Wildman–Crippen MR) is 225 cm³/mol. The Morgan fingerprint density at radius 3 is 1.83 bits per heavy atom. The molecule has 17 nitrogen and oxygen atoms in total. The Balaban J connectivity index is 1.11. The highest BCUT2D eigenvalue weighted by atomic mass is 16.8. The van der Waals surface area contributed by atoms with Gasteiger partial charge in [0, 0.05) is 47.0 Å². The molecule has 4 aliphatic carbocycles. The average molecular weight is 921 g/mol. The van der Waals surface area contributed by atoms with Crippen molar-refractivity contribution in [1.29, 1.82) is 0 Å². The van der Waals surface area contributed by atoms with Crippen LogP contribution in [0.2, 0.25) is 0 Å². The van der Waals surface area contributed by atoms with Gasteiger partial charge in [0.25, 0.3) is 0 Å². The fraction of sp³-hybridized carbons (Fsp3) is 0.896. The molecule has 366 valence electrons. The molecule has 1 N–H and O–H groups in total. The van der Waals surface area contributed by atoms with Gasteiger partial charge >= 0.3 is 29.8 Å². The minimum atomic E-state index is -1.51. The summed E-state index contributed by atoms with van der Waals surface area (Å²) in [6.45, 7) is 17.4. The fourth-order valence-corrected chi connectivity index (χ4v) is 14.5. The topological polar surface area (TPSA) is 207 Å². The van der Waals surface area contributed by atoms with Crippen molar-refractivity contribution in [2.24, 2.45) is 52.3 Å². The Morgan fingerprint density at radius 1 is 0.585 bits per heavy atom. The minimum Gasteiger partial charge on any atom is -0.457 e. The summed E-state index contributed by atoms with van der Waals surface area (Å²) >= 11 is 0. The third kappa shape index (κ3) is 9.09. The summed E-state index contributed by atoms with van der Waals surface area (Å²) in [6.07, 6.45) is -4.57. The smallest absolute Gasteiger partial charge is 0.303 e. The molecule has 17 heteroatoms. The molecule has 4 heterocycles. The van der Waals surface area contributed by atoms with Crippen molar-refractivity contribution in [3.05, 3.63) is 0 Å². The van der Waals surface area contributed by atoms with Gasteiger partial charge in [0.05, 0.1) is 37.6 Å². The van der Waals surface area contributed by atoms with E-state index in [1.165, 1.54) is 20.8 Å². The normalized spacial score (nSPS) is 49.0. The molecule has 22 atom stereocenters. The number of hydrogen-bond donors (Lipinski definition) is 1. The van der Waals surface area contributed by atoms with Crippen molar-refractivity contribution < 1.29 is 81.2 Å². The van der Waals surface area contributed by atoms with Gasteiger partial charge in [-0.3, -0.25) is 24.0 Å². The van der Waals surface area contributed by atoms with Crippen LogP contribution in [-0.2, 0) is 76.1 Å². The van der Waals surface area contributed by atoms with Gasteiger partial charge < -0.3 is 57.2 Å². The number of fused-ring (bicyclic) bond motifs is 7. The lowest BCUT2D eigenvalue weighted by molar-refractivity contribution is -0.358. The SMILES string of the molecule is CC(=O)O[C@@H]1[C@@H](OC(C)=O)[C@H](O[C@@H]2[C@@H](OC(C)=O)[C@H](O[C@H]3C[C@@H]4[C@H](CC[C@]5(C)[C@@H]6[C@H](C[C@@H]45)O[C@]4(CC[C@H](C)CO4)[C@H]6C)[C@@]4(C)CC[C@H](O)C[C@H]34)O[C@H](C)[C@H]2OC(C)=O)OC[C@H]1OC(C)=O. The number of ether oxygens (including phenoxy) is 11. The van der Waals surface area contributed by atoms with E-state index in [2.05, 4.69) is 27.7 Å². The van der Waals surface area contributed by atoms with Crippen molar-refractivity contribution in [3.8, 4) is 0 Å². The Bertz CT molecular complexity index is 1800. The van der Waals surface area contributed by atoms with Crippen LogP contribution in [0.15, 0.2) is 0 Å². The van der Waals surface area contributed by atoms with Gasteiger partial charge in [0.15, 0.2) is 48.9 Å². The van der Waals surface area contributed by atoms with Gasteiger partial charge in [-0.25, -0.2) is 0 Å². The first-order valence-electron chi connectivity index (χ1n) is 24.1. The Hall–Kier alpha value is -2.93. The molecular formula is C48H72O17. The zero-order valence-corrected chi connectivity index (χ0v) is 39.7. The number of carbonyl (C=O) groups is 5. The predicted octanol–water partition coefficient (Wildman–Crippen LogP) is 4.93. The summed E-state index contributed by atoms with van der Waals surface area (Å²) in [5.74, 6) is -2.02. The molecule has 0 radical (unpaired) electrons. The number of carbonyl (C=O) groups excluding carboxylic acids is 5. The van der Waals surface area contributed by atoms with E-state index < -0.39 is 103 Å². The van der Waals surface area contributed by atoms with E-state index >= 15 is 0 Å². The molecule has 8 fully saturated rings. The summed E-state index contributed by atoms with van der Waals surface area (Å²) < 4.78 is 68.6. The molecule has 0 amide bonds. The lowest BCUT2D eigenvalue weighted by atomic mass is 9.43. The maximum atomic E-state index is 13.1. The van der Waals surface area contributed by atoms with E-state index in [1.54, 1.807) is 6.92 Å². The van der Waals surface area contributed by atoms with Crippen molar-refractivity contribution in [2.75, 3.05) is 13.2 Å². The fourth-order valence-electron chi connectivity index (χ4n) is 14.5. The van der Waals surface area contributed by atoms with Crippen molar-refractivity contribution in [3.63, 3.8) is 0 Å². The van der Waals surface area contributed by atoms with Gasteiger partial charge in [-0.1, -0.05) is 27.7 Å². The number of esters is 5. The highest BCUT2D eigenvalue weighted by Crippen LogP contribution is 2.71. The van der Waals surface area contributed by atoms with Crippen LogP contribution in [0.4, 0.5) is 0 Å². The van der Waals surface area contributed by atoms with E-state index in [0.29, 0.717) is 42.9 Å². The van der Waals surface area contributed by atoms with Crippen molar-refractivity contribution in [2.45, 2.75) is 206 Å². The highest BCUT2D eigenvalue weighted by Gasteiger charge is 2.70. The van der Waals surface area contributed by atoms with Gasteiger partial charge in [0.1, 0.15) is 6.10 Å². The third-order valence-corrected chi connectivity index (χ3v) is 17.1. The van der Waals surface area contributed by atoms with Gasteiger partial charge in [-0.2, -0.15) is 0 Å². The van der Waals surface area contributed by atoms with Crippen molar-refractivity contribution in [1.82, 2.24) is 0 Å². The largest absolute Gasteiger partial charge is 0.457 e. The molecule has 0 bridgehead atoms. The van der Waals surface area contributed by atoms with Crippen LogP contribution in [0.1, 0.15) is 127 Å². The maximum absolute atomic E-state index is 13.1. The molecule has 65 heavy (non-hydrogen) atoms. The molecule has 0 aromatic carbocycles. The van der Waals surface area contributed by atoms with Crippen LogP contribution < -0.4 is 0 Å². The number of hydrogen-bond acceptors (Lipinski definition) is 17. The Labute approximate surface area is 382 Å². The first-order valence-corrected chi connectivity index (χ1v) is 24.1. The molecule has 4 saturated heterocycles. The zero-order valence-electron chi connectivity index (χ0n) is 39.7. The van der Waals surface area contributed by atoms with Crippen LogP contribution >= 0.6 is 0 Å². The van der Waals surface area contributed by atoms with Crippen molar-refractivity contribution >= 4 is 29.8 Å². The van der Waals surface area contributed by atoms with Gasteiger partial charge in [-0.05, 0) is 105 Å². The Morgan fingerprint density at radius 2 is 1.20 bits per heavy atom. The molecule has 0 aromatic heterocycles. The molecule has 8 rings (SSSR count). The maximum Gasteiger partial charge on any atom is 0.303 e. The van der Waals surface area contributed by atoms with E-state index in [9.17, 15) is 29.1 Å². The quantitative estimate of drug-likeness (QED) is 0.185. The van der Waals surface area contributed by atoms with E-state index in [1.807, 2.05) is 0 Å². The second kappa shape index (κ2) is 18.5. The molecule has 4 aliphatic heterocycles. The van der Waals surface area contributed by atoms with Crippen LogP contribution in [0, 0.1) is 52.3 Å². The van der Waals surface area contributed by atoms with Crippen LogP contribution in [0.25, 0.3) is 0 Å². The van der Waals surface area contributed by atoms with Crippen LogP contribution in [0.5, 0.6) is 0 Å².